The van der Waals surface area contributed by atoms with Crippen molar-refractivity contribution in [2.75, 3.05) is 20.1 Å². The van der Waals surface area contributed by atoms with E-state index >= 15 is 0 Å². The van der Waals surface area contributed by atoms with Crippen molar-refractivity contribution in [3.8, 4) is 0 Å². The Hall–Kier alpha value is 0. The summed E-state index contributed by atoms with van der Waals surface area (Å²) >= 11 is 0. The van der Waals surface area contributed by atoms with E-state index in [2.05, 4.69) is 43.3 Å². The molecule has 0 aliphatic carbocycles. The zero-order valence-electron chi connectivity index (χ0n) is 12.1. The van der Waals surface area contributed by atoms with Crippen LogP contribution in [-0.2, 0) is 0 Å². The highest BCUT2D eigenvalue weighted by molar-refractivity contribution is 14.0. The highest BCUT2D eigenvalue weighted by Gasteiger charge is 2.08. The lowest BCUT2D eigenvalue weighted by molar-refractivity contribution is 0.365. The van der Waals surface area contributed by atoms with E-state index in [0.29, 0.717) is 5.41 Å². The van der Waals surface area contributed by atoms with Crippen LogP contribution in [0.15, 0.2) is 4.99 Å². The fourth-order valence-corrected chi connectivity index (χ4v) is 1.43. The maximum atomic E-state index is 4.19. The second-order valence-corrected chi connectivity index (χ2v) is 5.44. The van der Waals surface area contributed by atoms with Crippen molar-refractivity contribution in [2.24, 2.45) is 10.4 Å². The molecule has 0 heterocycles. The van der Waals surface area contributed by atoms with E-state index in [1.807, 2.05) is 7.05 Å². The number of unbranched alkanes of at least 4 members (excludes halogenated alkanes) is 1. The standard InChI is InChI=1S/C13H29N3.HI/c1-6-7-10-15-12(14-5)16-11-8-9-13(2,3)4;/h6-11H2,1-5H3,(H2,14,15,16);1H. The summed E-state index contributed by atoms with van der Waals surface area (Å²) in [7, 11) is 1.82. The molecule has 4 heteroatoms. The third kappa shape index (κ3) is 13.9. The molecular weight excluding hydrogens is 325 g/mol. The van der Waals surface area contributed by atoms with Gasteiger partial charge < -0.3 is 10.6 Å². The smallest absolute Gasteiger partial charge is 0.190 e. The van der Waals surface area contributed by atoms with Gasteiger partial charge in [-0.25, -0.2) is 0 Å². The van der Waals surface area contributed by atoms with Crippen LogP contribution in [0.4, 0.5) is 0 Å². The lowest BCUT2D eigenvalue weighted by Gasteiger charge is -2.18. The van der Waals surface area contributed by atoms with Crippen LogP contribution < -0.4 is 10.6 Å². The van der Waals surface area contributed by atoms with Crippen LogP contribution in [-0.4, -0.2) is 26.1 Å². The molecule has 104 valence electrons. The topological polar surface area (TPSA) is 36.4 Å². The molecule has 0 saturated carbocycles. The molecule has 0 aliphatic heterocycles. The third-order valence-electron chi connectivity index (χ3n) is 2.44. The Labute approximate surface area is 124 Å². The van der Waals surface area contributed by atoms with Gasteiger partial charge in [-0.2, -0.15) is 0 Å². The van der Waals surface area contributed by atoms with E-state index in [-0.39, 0.29) is 24.0 Å². The van der Waals surface area contributed by atoms with Gasteiger partial charge in [0.2, 0.25) is 0 Å². The van der Waals surface area contributed by atoms with Crippen molar-refractivity contribution in [3.63, 3.8) is 0 Å². The van der Waals surface area contributed by atoms with E-state index in [1.165, 1.54) is 25.7 Å². The minimum Gasteiger partial charge on any atom is -0.356 e. The quantitative estimate of drug-likeness (QED) is 0.332. The Morgan fingerprint density at radius 1 is 1.06 bits per heavy atom. The molecule has 3 nitrogen and oxygen atoms in total. The summed E-state index contributed by atoms with van der Waals surface area (Å²) in [5.74, 6) is 0.933. The molecule has 2 N–H and O–H groups in total. The highest BCUT2D eigenvalue weighted by Crippen LogP contribution is 2.19. The van der Waals surface area contributed by atoms with Gasteiger partial charge in [-0.1, -0.05) is 34.1 Å². The zero-order valence-corrected chi connectivity index (χ0v) is 14.4. The molecule has 0 unspecified atom stereocenters. The van der Waals surface area contributed by atoms with Crippen molar-refractivity contribution in [3.05, 3.63) is 0 Å². The maximum Gasteiger partial charge on any atom is 0.190 e. The largest absolute Gasteiger partial charge is 0.356 e. The highest BCUT2D eigenvalue weighted by atomic mass is 127. The number of hydrogen-bond acceptors (Lipinski definition) is 1. The molecular formula is C13H30IN3. The Morgan fingerprint density at radius 3 is 2.00 bits per heavy atom. The molecule has 0 fully saturated rings. The first-order chi connectivity index (χ1) is 7.49. The number of halogens is 1. The number of guanidine groups is 1. The number of nitrogens with one attached hydrogen (secondary N) is 2. The van der Waals surface area contributed by atoms with Gasteiger partial charge in [0.25, 0.3) is 0 Å². The van der Waals surface area contributed by atoms with Gasteiger partial charge in [0, 0.05) is 20.1 Å². The van der Waals surface area contributed by atoms with Crippen molar-refractivity contribution in [2.45, 2.75) is 53.4 Å². The fraction of sp³-hybridized carbons (Fsp3) is 0.923. The average molecular weight is 355 g/mol. The molecule has 0 aromatic heterocycles. The minimum absolute atomic E-state index is 0. The van der Waals surface area contributed by atoms with Crippen LogP contribution in [0.2, 0.25) is 0 Å². The predicted molar refractivity (Wildman–Crippen MR) is 88.4 cm³/mol. The van der Waals surface area contributed by atoms with E-state index < -0.39 is 0 Å². The summed E-state index contributed by atoms with van der Waals surface area (Å²) in [5, 5.41) is 6.65. The second kappa shape index (κ2) is 11.1. The Bertz CT molecular complexity index is 197. The first kappa shape index (κ1) is 19.3. The fourth-order valence-electron chi connectivity index (χ4n) is 1.43. The normalized spacial score (nSPS) is 11.9. The van der Waals surface area contributed by atoms with Crippen LogP contribution in [0.25, 0.3) is 0 Å². The number of aliphatic imine (C=N–C) groups is 1. The van der Waals surface area contributed by atoms with Crippen LogP contribution in [0.5, 0.6) is 0 Å². The lowest BCUT2D eigenvalue weighted by Crippen LogP contribution is -2.38. The molecule has 0 saturated heterocycles. The van der Waals surface area contributed by atoms with E-state index in [1.54, 1.807) is 0 Å². The van der Waals surface area contributed by atoms with E-state index in [9.17, 15) is 0 Å². The maximum absolute atomic E-state index is 4.19. The predicted octanol–water partition coefficient (Wildman–Crippen LogP) is 3.40. The SMILES string of the molecule is CCCCNC(=NC)NCCCC(C)(C)C.I. The second-order valence-electron chi connectivity index (χ2n) is 5.44. The average Bonchev–Trinajstić information content (AvgIpc) is 2.20. The third-order valence-corrected chi connectivity index (χ3v) is 2.44. The zero-order chi connectivity index (χ0) is 12.4. The van der Waals surface area contributed by atoms with Crippen molar-refractivity contribution >= 4 is 29.9 Å². The van der Waals surface area contributed by atoms with Gasteiger partial charge >= 0.3 is 0 Å². The Morgan fingerprint density at radius 2 is 1.59 bits per heavy atom. The van der Waals surface area contributed by atoms with Crippen LogP contribution >= 0.6 is 24.0 Å². The number of rotatable bonds is 6. The molecule has 0 aliphatic rings. The van der Waals surface area contributed by atoms with Crippen LogP contribution in [0.1, 0.15) is 53.4 Å². The van der Waals surface area contributed by atoms with Gasteiger partial charge in [-0.05, 0) is 24.7 Å². The monoisotopic (exact) mass is 355 g/mol. The first-order valence-corrected chi connectivity index (χ1v) is 6.44. The molecule has 0 radical (unpaired) electrons. The molecule has 17 heavy (non-hydrogen) atoms. The molecule has 0 aromatic rings. The van der Waals surface area contributed by atoms with E-state index in [4.69, 9.17) is 0 Å². The van der Waals surface area contributed by atoms with Crippen molar-refractivity contribution < 1.29 is 0 Å². The van der Waals surface area contributed by atoms with Crippen LogP contribution in [0.3, 0.4) is 0 Å². The summed E-state index contributed by atoms with van der Waals surface area (Å²) in [5.41, 5.74) is 0.431. The summed E-state index contributed by atoms with van der Waals surface area (Å²) in [6.07, 6.45) is 4.85. The number of hydrogen-bond donors (Lipinski definition) is 2. The lowest BCUT2D eigenvalue weighted by atomic mass is 9.91. The van der Waals surface area contributed by atoms with Crippen LogP contribution in [0, 0.1) is 5.41 Å². The van der Waals surface area contributed by atoms with Gasteiger partial charge in [-0.15, -0.1) is 24.0 Å². The molecule has 0 spiro atoms. The summed E-state index contributed by atoms with van der Waals surface area (Å²) in [6, 6.07) is 0. The van der Waals surface area contributed by atoms with Gasteiger partial charge in [-0.3, -0.25) is 4.99 Å². The summed E-state index contributed by atoms with van der Waals surface area (Å²) in [6.45, 7) is 11.0. The van der Waals surface area contributed by atoms with Crippen molar-refractivity contribution in [1.29, 1.82) is 0 Å². The molecule has 0 bridgehead atoms. The molecule has 0 amide bonds. The van der Waals surface area contributed by atoms with Crippen molar-refractivity contribution in [1.82, 2.24) is 10.6 Å². The minimum atomic E-state index is 0. The molecule has 0 atom stereocenters. The van der Waals surface area contributed by atoms with Gasteiger partial charge in [0.1, 0.15) is 0 Å². The summed E-state index contributed by atoms with van der Waals surface area (Å²) in [4.78, 5) is 4.19. The van der Waals surface area contributed by atoms with E-state index in [0.717, 1.165) is 19.0 Å². The Kier molecular flexibility index (Phi) is 12.6. The van der Waals surface area contributed by atoms with Gasteiger partial charge in [0.05, 0.1) is 0 Å². The molecule has 0 aromatic carbocycles. The number of nitrogens with zero attached hydrogens (tertiary/aromatic N) is 1. The summed E-state index contributed by atoms with van der Waals surface area (Å²) < 4.78 is 0. The molecule has 0 rings (SSSR count). The van der Waals surface area contributed by atoms with Gasteiger partial charge in [0.15, 0.2) is 5.96 Å². The Balaban J connectivity index is 0. The first-order valence-electron chi connectivity index (χ1n) is 6.44.